The summed E-state index contributed by atoms with van der Waals surface area (Å²) in [5.41, 5.74) is 0. The number of nitrogens with zero attached hydrogens (tertiary/aromatic N) is 2. The molecule has 3 nitrogen and oxygen atoms in total. The van der Waals surface area contributed by atoms with Gasteiger partial charge in [-0.3, -0.25) is 0 Å². The van der Waals surface area contributed by atoms with Crippen LogP contribution in [0.2, 0.25) is 0 Å². The van der Waals surface area contributed by atoms with Gasteiger partial charge in [-0.25, -0.2) is 4.98 Å². The molecule has 1 aliphatic carbocycles. The van der Waals surface area contributed by atoms with Gasteiger partial charge in [0.05, 0.1) is 12.1 Å². The number of aliphatic hydroxyl groups is 1. The summed E-state index contributed by atoms with van der Waals surface area (Å²) < 4.78 is 2.21. The van der Waals surface area contributed by atoms with Crippen molar-refractivity contribution in [1.82, 2.24) is 9.55 Å². The molecule has 0 aliphatic heterocycles. The monoisotopic (exact) mass is 222 g/mol. The first-order chi connectivity index (χ1) is 7.83. The van der Waals surface area contributed by atoms with Gasteiger partial charge in [0.25, 0.3) is 0 Å². The molecule has 90 valence electrons. The van der Waals surface area contributed by atoms with Gasteiger partial charge in [0, 0.05) is 18.8 Å². The van der Waals surface area contributed by atoms with Crippen LogP contribution in [0.25, 0.3) is 0 Å². The Morgan fingerprint density at radius 3 is 3.00 bits per heavy atom. The molecule has 2 atom stereocenters. The normalized spacial score (nSPS) is 26.6. The van der Waals surface area contributed by atoms with Crippen LogP contribution in [0.4, 0.5) is 0 Å². The van der Waals surface area contributed by atoms with Crippen LogP contribution >= 0.6 is 0 Å². The smallest absolute Gasteiger partial charge is 0.108 e. The first-order valence-corrected chi connectivity index (χ1v) is 6.52. The average molecular weight is 222 g/mol. The molecule has 0 saturated heterocycles. The number of aryl methyl sites for hydroxylation is 1. The summed E-state index contributed by atoms with van der Waals surface area (Å²) >= 11 is 0. The van der Waals surface area contributed by atoms with Crippen LogP contribution in [-0.2, 0) is 6.42 Å². The zero-order valence-electron chi connectivity index (χ0n) is 10.1. The Labute approximate surface area is 97.5 Å². The van der Waals surface area contributed by atoms with E-state index in [2.05, 4.69) is 16.5 Å². The number of hydrogen-bond donors (Lipinski definition) is 1. The van der Waals surface area contributed by atoms with Gasteiger partial charge in [-0.2, -0.15) is 0 Å². The molecule has 2 unspecified atom stereocenters. The molecule has 0 radical (unpaired) electrons. The van der Waals surface area contributed by atoms with Crippen LogP contribution < -0.4 is 0 Å². The van der Waals surface area contributed by atoms with E-state index in [1.165, 1.54) is 12.8 Å². The fraction of sp³-hybridized carbons (Fsp3) is 0.769. The first kappa shape index (κ1) is 11.6. The molecule has 0 amide bonds. The van der Waals surface area contributed by atoms with Crippen molar-refractivity contribution >= 4 is 0 Å². The summed E-state index contributed by atoms with van der Waals surface area (Å²) in [6.45, 7) is 2.17. The van der Waals surface area contributed by atoms with Crippen LogP contribution in [0.5, 0.6) is 0 Å². The number of imidazole rings is 1. The average Bonchev–Trinajstić information content (AvgIpc) is 2.61. The van der Waals surface area contributed by atoms with Crippen molar-refractivity contribution in [1.29, 1.82) is 0 Å². The maximum atomic E-state index is 10.2. The highest BCUT2D eigenvalue weighted by Gasteiger charge is 2.24. The van der Waals surface area contributed by atoms with Gasteiger partial charge in [0.1, 0.15) is 5.82 Å². The van der Waals surface area contributed by atoms with E-state index in [1.54, 1.807) is 0 Å². The third-order valence-corrected chi connectivity index (χ3v) is 3.52. The Balaban J connectivity index is 2.16. The maximum Gasteiger partial charge on any atom is 0.108 e. The standard InChI is InChI=1S/C13H22N2O/c1-2-6-13-14-9-10-15(13)11-7-4-3-5-8-12(11)16/h9-12,16H,2-8H2,1H3. The second kappa shape index (κ2) is 5.48. The summed E-state index contributed by atoms with van der Waals surface area (Å²) in [6.07, 6.45) is 11.5. The second-order valence-corrected chi connectivity index (χ2v) is 4.77. The van der Waals surface area contributed by atoms with Crippen molar-refractivity contribution in [3.05, 3.63) is 18.2 Å². The lowest BCUT2D eigenvalue weighted by Crippen LogP contribution is -2.24. The van der Waals surface area contributed by atoms with Gasteiger partial charge in [0.2, 0.25) is 0 Å². The highest BCUT2D eigenvalue weighted by molar-refractivity contribution is 4.97. The third-order valence-electron chi connectivity index (χ3n) is 3.52. The molecule has 0 aromatic carbocycles. The van der Waals surface area contributed by atoms with Gasteiger partial charge in [0.15, 0.2) is 0 Å². The van der Waals surface area contributed by atoms with E-state index in [-0.39, 0.29) is 12.1 Å². The Bertz CT molecular complexity index is 321. The predicted octanol–water partition coefficient (Wildman–Crippen LogP) is 2.70. The minimum atomic E-state index is -0.188. The zero-order chi connectivity index (χ0) is 11.4. The molecule has 1 N–H and O–H groups in total. The largest absolute Gasteiger partial charge is 0.391 e. The highest BCUT2D eigenvalue weighted by atomic mass is 16.3. The maximum absolute atomic E-state index is 10.2. The lowest BCUT2D eigenvalue weighted by Gasteiger charge is -2.23. The summed E-state index contributed by atoms with van der Waals surface area (Å²) in [5.74, 6) is 1.13. The molecule has 0 bridgehead atoms. The summed E-state index contributed by atoms with van der Waals surface area (Å²) in [7, 11) is 0. The van der Waals surface area contributed by atoms with E-state index in [9.17, 15) is 5.11 Å². The van der Waals surface area contributed by atoms with Gasteiger partial charge in [-0.05, 0) is 19.3 Å². The van der Waals surface area contributed by atoms with Crippen molar-refractivity contribution < 1.29 is 5.11 Å². The third kappa shape index (κ3) is 2.46. The molecular weight excluding hydrogens is 200 g/mol. The molecule has 0 spiro atoms. The van der Waals surface area contributed by atoms with Gasteiger partial charge < -0.3 is 9.67 Å². The van der Waals surface area contributed by atoms with Gasteiger partial charge in [-0.1, -0.05) is 26.2 Å². The Morgan fingerprint density at radius 1 is 1.38 bits per heavy atom. The van der Waals surface area contributed by atoms with Crippen LogP contribution in [0, 0.1) is 0 Å². The lowest BCUT2D eigenvalue weighted by atomic mass is 10.1. The number of hydrogen-bond acceptors (Lipinski definition) is 2. The van der Waals surface area contributed by atoms with Crippen molar-refractivity contribution in [2.75, 3.05) is 0 Å². The van der Waals surface area contributed by atoms with Crippen LogP contribution in [0.1, 0.15) is 57.3 Å². The summed E-state index contributed by atoms with van der Waals surface area (Å²) in [5, 5.41) is 10.2. The minimum absolute atomic E-state index is 0.188. The molecule has 1 heterocycles. The van der Waals surface area contributed by atoms with Crippen molar-refractivity contribution in [2.45, 2.75) is 64.0 Å². The SMILES string of the molecule is CCCc1nccn1C1CCCCCC1O. The van der Waals surface area contributed by atoms with Gasteiger partial charge in [-0.15, -0.1) is 0 Å². The molecule has 1 aromatic heterocycles. The Morgan fingerprint density at radius 2 is 2.19 bits per heavy atom. The fourth-order valence-corrected chi connectivity index (χ4v) is 2.66. The molecule has 16 heavy (non-hydrogen) atoms. The minimum Gasteiger partial charge on any atom is -0.391 e. The van der Waals surface area contributed by atoms with E-state index >= 15 is 0 Å². The molecular formula is C13H22N2O. The molecule has 1 aliphatic rings. The van der Waals surface area contributed by atoms with E-state index in [1.807, 2.05) is 12.4 Å². The fourth-order valence-electron chi connectivity index (χ4n) is 2.66. The zero-order valence-corrected chi connectivity index (χ0v) is 10.1. The van der Waals surface area contributed by atoms with E-state index < -0.39 is 0 Å². The number of rotatable bonds is 3. The topological polar surface area (TPSA) is 38.0 Å². The molecule has 3 heteroatoms. The number of aliphatic hydroxyl groups excluding tert-OH is 1. The lowest BCUT2D eigenvalue weighted by molar-refractivity contribution is 0.104. The van der Waals surface area contributed by atoms with E-state index in [4.69, 9.17) is 0 Å². The Hall–Kier alpha value is -0.830. The van der Waals surface area contributed by atoms with Crippen molar-refractivity contribution in [3.63, 3.8) is 0 Å². The van der Waals surface area contributed by atoms with Crippen LogP contribution in [0.15, 0.2) is 12.4 Å². The highest BCUT2D eigenvalue weighted by Crippen LogP contribution is 2.28. The molecule has 1 saturated carbocycles. The molecule has 1 fully saturated rings. The van der Waals surface area contributed by atoms with Gasteiger partial charge >= 0.3 is 0 Å². The number of aromatic nitrogens is 2. The van der Waals surface area contributed by atoms with E-state index in [0.29, 0.717) is 0 Å². The first-order valence-electron chi connectivity index (χ1n) is 6.52. The van der Waals surface area contributed by atoms with Crippen LogP contribution in [0.3, 0.4) is 0 Å². The van der Waals surface area contributed by atoms with E-state index in [0.717, 1.165) is 37.9 Å². The second-order valence-electron chi connectivity index (χ2n) is 4.77. The summed E-state index contributed by atoms with van der Waals surface area (Å²) in [6, 6.07) is 0.256. The van der Waals surface area contributed by atoms with Crippen molar-refractivity contribution in [3.8, 4) is 0 Å². The van der Waals surface area contributed by atoms with Crippen molar-refractivity contribution in [2.24, 2.45) is 0 Å². The predicted molar refractivity (Wildman–Crippen MR) is 64.4 cm³/mol. The quantitative estimate of drug-likeness (QED) is 0.798. The molecule has 1 aromatic rings. The molecule has 2 rings (SSSR count). The summed E-state index contributed by atoms with van der Waals surface area (Å²) in [4.78, 5) is 4.40. The Kier molecular flexibility index (Phi) is 3.99. The van der Waals surface area contributed by atoms with Crippen LogP contribution in [-0.4, -0.2) is 20.8 Å².